The molecule has 1 fully saturated rings. The first kappa shape index (κ1) is 11.0. The SMILES string of the molecule is Cc1cc(CC(Cl)C2CC2)c2ccccc2n1. The molecule has 1 unspecified atom stereocenters. The number of alkyl halides is 1. The van der Waals surface area contributed by atoms with Crippen LogP contribution in [0.1, 0.15) is 24.1 Å². The molecule has 0 N–H and O–H groups in total. The van der Waals surface area contributed by atoms with Crippen molar-refractivity contribution in [2.45, 2.75) is 31.6 Å². The van der Waals surface area contributed by atoms with E-state index in [1.54, 1.807) is 0 Å². The minimum Gasteiger partial charge on any atom is -0.253 e. The van der Waals surface area contributed by atoms with Crippen molar-refractivity contribution >= 4 is 22.5 Å². The Labute approximate surface area is 107 Å². The highest BCUT2D eigenvalue weighted by Crippen LogP contribution is 2.37. The van der Waals surface area contributed by atoms with Crippen molar-refractivity contribution in [3.8, 4) is 0 Å². The summed E-state index contributed by atoms with van der Waals surface area (Å²) in [7, 11) is 0. The van der Waals surface area contributed by atoms with E-state index in [1.807, 2.05) is 6.07 Å². The quantitative estimate of drug-likeness (QED) is 0.742. The topological polar surface area (TPSA) is 12.9 Å². The highest BCUT2D eigenvalue weighted by atomic mass is 35.5. The first-order chi connectivity index (χ1) is 8.24. The Bertz CT molecular complexity index is 546. The summed E-state index contributed by atoms with van der Waals surface area (Å²) in [6, 6.07) is 10.5. The lowest BCUT2D eigenvalue weighted by molar-refractivity contribution is 0.739. The standard InChI is InChI=1S/C15H16ClN/c1-10-8-12(9-14(16)11-6-7-11)13-4-2-3-5-15(13)17-10/h2-5,8,11,14H,6-7,9H2,1H3. The number of nitrogens with zero attached hydrogens (tertiary/aromatic N) is 1. The molecular formula is C15H16ClN. The van der Waals surface area contributed by atoms with E-state index in [4.69, 9.17) is 11.6 Å². The molecular weight excluding hydrogens is 230 g/mol. The summed E-state index contributed by atoms with van der Waals surface area (Å²) < 4.78 is 0. The van der Waals surface area contributed by atoms with E-state index < -0.39 is 0 Å². The number of hydrogen-bond acceptors (Lipinski definition) is 1. The second kappa shape index (κ2) is 4.30. The second-order valence-electron chi connectivity index (χ2n) is 5.00. The van der Waals surface area contributed by atoms with Gasteiger partial charge in [0.05, 0.1) is 5.52 Å². The number of hydrogen-bond donors (Lipinski definition) is 0. The van der Waals surface area contributed by atoms with Gasteiger partial charge in [0.1, 0.15) is 0 Å². The van der Waals surface area contributed by atoms with Crippen molar-refractivity contribution in [1.82, 2.24) is 4.98 Å². The van der Waals surface area contributed by atoms with Gasteiger partial charge >= 0.3 is 0 Å². The van der Waals surface area contributed by atoms with E-state index in [0.717, 1.165) is 23.5 Å². The number of para-hydroxylation sites is 1. The van der Waals surface area contributed by atoms with Crippen LogP contribution in [0.5, 0.6) is 0 Å². The van der Waals surface area contributed by atoms with Gasteiger partial charge in [-0.15, -0.1) is 11.6 Å². The summed E-state index contributed by atoms with van der Waals surface area (Å²) in [6.45, 7) is 2.05. The zero-order chi connectivity index (χ0) is 11.8. The molecule has 2 aromatic rings. The van der Waals surface area contributed by atoms with Crippen molar-refractivity contribution < 1.29 is 0 Å². The largest absolute Gasteiger partial charge is 0.253 e. The Morgan fingerprint density at radius 2 is 2.12 bits per heavy atom. The van der Waals surface area contributed by atoms with Crippen LogP contribution in [0.2, 0.25) is 0 Å². The van der Waals surface area contributed by atoms with Crippen LogP contribution in [0.4, 0.5) is 0 Å². The fourth-order valence-electron chi connectivity index (χ4n) is 2.40. The molecule has 1 aliphatic rings. The van der Waals surface area contributed by atoms with E-state index in [0.29, 0.717) is 5.38 Å². The van der Waals surface area contributed by atoms with Crippen LogP contribution >= 0.6 is 11.6 Å². The molecule has 1 aromatic heterocycles. The Hall–Kier alpha value is -1.08. The normalized spacial score (nSPS) is 17.3. The minimum atomic E-state index is 0.292. The Balaban J connectivity index is 2.01. The number of rotatable bonds is 3. The number of benzene rings is 1. The molecule has 0 aliphatic heterocycles. The molecule has 0 bridgehead atoms. The van der Waals surface area contributed by atoms with Gasteiger partial charge in [-0.3, -0.25) is 4.98 Å². The molecule has 0 saturated heterocycles. The molecule has 88 valence electrons. The smallest absolute Gasteiger partial charge is 0.0707 e. The number of fused-ring (bicyclic) bond motifs is 1. The van der Waals surface area contributed by atoms with E-state index >= 15 is 0 Å². The summed E-state index contributed by atoms with van der Waals surface area (Å²) in [5.41, 5.74) is 3.51. The Morgan fingerprint density at radius 1 is 1.35 bits per heavy atom. The van der Waals surface area contributed by atoms with Crippen LogP contribution < -0.4 is 0 Å². The van der Waals surface area contributed by atoms with Gasteiger partial charge in [0.25, 0.3) is 0 Å². The molecule has 2 heteroatoms. The molecule has 17 heavy (non-hydrogen) atoms. The summed E-state index contributed by atoms with van der Waals surface area (Å²) >= 11 is 6.45. The molecule has 1 nitrogen and oxygen atoms in total. The monoisotopic (exact) mass is 245 g/mol. The molecule has 0 spiro atoms. The lowest BCUT2D eigenvalue weighted by Crippen LogP contribution is -2.06. The fraction of sp³-hybridized carbons (Fsp3) is 0.400. The maximum Gasteiger partial charge on any atom is 0.0707 e. The third kappa shape index (κ3) is 2.30. The van der Waals surface area contributed by atoms with E-state index in [9.17, 15) is 0 Å². The summed E-state index contributed by atoms with van der Waals surface area (Å²) in [6.07, 6.45) is 3.57. The summed E-state index contributed by atoms with van der Waals surface area (Å²) in [5, 5.41) is 1.55. The molecule has 1 heterocycles. The first-order valence-electron chi connectivity index (χ1n) is 6.23. The van der Waals surface area contributed by atoms with Gasteiger partial charge in [-0.1, -0.05) is 18.2 Å². The molecule has 1 atom stereocenters. The van der Waals surface area contributed by atoms with Gasteiger partial charge in [-0.25, -0.2) is 0 Å². The molecule has 0 radical (unpaired) electrons. The van der Waals surface area contributed by atoms with E-state index in [-0.39, 0.29) is 0 Å². The van der Waals surface area contributed by atoms with Crippen molar-refractivity contribution in [2.75, 3.05) is 0 Å². The van der Waals surface area contributed by atoms with Crippen LogP contribution in [0, 0.1) is 12.8 Å². The lowest BCUT2D eigenvalue weighted by atomic mass is 10.0. The second-order valence-corrected chi connectivity index (χ2v) is 5.56. The fourth-order valence-corrected chi connectivity index (χ4v) is 2.82. The highest BCUT2D eigenvalue weighted by Gasteiger charge is 2.29. The maximum absolute atomic E-state index is 6.45. The third-order valence-corrected chi connectivity index (χ3v) is 3.99. The van der Waals surface area contributed by atoms with Crippen molar-refractivity contribution in [2.24, 2.45) is 5.92 Å². The van der Waals surface area contributed by atoms with Gasteiger partial charge in [-0.2, -0.15) is 0 Å². The minimum absolute atomic E-state index is 0.292. The van der Waals surface area contributed by atoms with E-state index in [2.05, 4.69) is 36.2 Å². The average molecular weight is 246 g/mol. The zero-order valence-corrected chi connectivity index (χ0v) is 10.7. The lowest BCUT2D eigenvalue weighted by Gasteiger charge is -2.11. The van der Waals surface area contributed by atoms with Gasteiger partial charge in [0.15, 0.2) is 0 Å². The van der Waals surface area contributed by atoms with Gasteiger partial charge < -0.3 is 0 Å². The van der Waals surface area contributed by atoms with E-state index in [1.165, 1.54) is 23.8 Å². The summed E-state index contributed by atoms with van der Waals surface area (Å²) in [4.78, 5) is 4.56. The molecule has 1 saturated carbocycles. The average Bonchev–Trinajstić information content (AvgIpc) is 3.12. The number of pyridine rings is 1. The predicted octanol–water partition coefficient (Wildman–Crippen LogP) is 4.10. The van der Waals surface area contributed by atoms with Gasteiger partial charge in [-0.05, 0) is 49.8 Å². The van der Waals surface area contributed by atoms with Gasteiger partial charge in [0, 0.05) is 16.5 Å². The van der Waals surface area contributed by atoms with Crippen molar-refractivity contribution in [3.63, 3.8) is 0 Å². The van der Waals surface area contributed by atoms with Crippen LogP contribution in [0.3, 0.4) is 0 Å². The van der Waals surface area contributed by atoms with Gasteiger partial charge in [0.2, 0.25) is 0 Å². The molecule has 0 amide bonds. The van der Waals surface area contributed by atoms with Crippen molar-refractivity contribution in [1.29, 1.82) is 0 Å². The molecule has 1 aliphatic carbocycles. The van der Waals surface area contributed by atoms with Crippen molar-refractivity contribution in [3.05, 3.63) is 41.6 Å². The molecule has 1 aromatic carbocycles. The Morgan fingerprint density at radius 3 is 2.88 bits per heavy atom. The number of aromatic nitrogens is 1. The van der Waals surface area contributed by atoms with Crippen LogP contribution in [0.15, 0.2) is 30.3 Å². The number of aryl methyl sites for hydroxylation is 1. The highest BCUT2D eigenvalue weighted by molar-refractivity contribution is 6.21. The maximum atomic E-state index is 6.45. The van der Waals surface area contributed by atoms with Crippen LogP contribution in [-0.4, -0.2) is 10.4 Å². The third-order valence-electron chi connectivity index (χ3n) is 3.48. The predicted molar refractivity (Wildman–Crippen MR) is 72.5 cm³/mol. The zero-order valence-electron chi connectivity index (χ0n) is 9.99. The summed E-state index contributed by atoms with van der Waals surface area (Å²) in [5.74, 6) is 0.740. The Kier molecular flexibility index (Phi) is 2.79. The number of halogens is 1. The van der Waals surface area contributed by atoms with Crippen LogP contribution in [-0.2, 0) is 6.42 Å². The first-order valence-corrected chi connectivity index (χ1v) is 6.67. The molecule has 3 rings (SSSR count). The van der Waals surface area contributed by atoms with Crippen LogP contribution in [0.25, 0.3) is 10.9 Å².